The first kappa shape index (κ1) is 14.1. The molecule has 0 saturated heterocycles. The van der Waals surface area contributed by atoms with Crippen LogP contribution in [0.1, 0.15) is 28.7 Å². The summed E-state index contributed by atoms with van der Waals surface area (Å²) in [6.07, 6.45) is 2.53. The van der Waals surface area contributed by atoms with Crippen LogP contribution in [0, 0.1) is 13.8 Å². The third-order valence-corrected chi connectivity index (χ3v) is 3.51. The SMILES string of the molecule is Cc1ccc(C(Cc2ccc(Br)cn2)NN)c(C)n1. The predicted molar refractivity (Wildman–Crippen MR) is 79.4 cm³/mol. The van der Waals surface area contributed by atoms with Crippen LogP contribution in [-0.4, -0.2) is 9.97 Å². The van der Waals surface area contributed by atoms with Gasteiger partial charge in [0.15, 0.2) is 0 Å². The van der Waals surface area contributed by atoms with Crippen molar-refractivity contribution in [1.29, 1.82) is 0 Å². The Kier molecular flexibility index (Phi) is 4.63. The molecule has 1 unspecified atom stereocenters. The minimum absolute atomic E-state index is 0.0155. The molecule has 4 nitrogen and oxygen atoms in total. The minimum Gasteiger partial charge on any atom is -0.271 e. The highest BCUT2D eigenvalue weighted by molar-refractivity contribution is 9.10. The van der Waals surface area contributed by atoms with Gasteiger partial charge < -0.3 is 0 Å². The Morgan fingerprint density at radius 1 is 1.26 bits per heavy atom. The number of nitrogens with one attached hydrogen (secondary N) is 1. The number of pyridine rings is 2. The van der Waals surface area contributed by atoms with E-state index in [1.807, 2.05) is 32.0 Å². The second-order valence-corrected chi connectivity index (χ2v) is 5.43. The molecule has 0 aliphatic heterocycles. The highest BCUT2D eigenvalue weighted by Crippen LogP contribution is 2.20. The average molecular weight is 321 g/mol. The number of hydrogen-bond donors (Lipinski definition) is 2. The number of hydrogen-bond acceptors (Lipinski definition) is 4. The molecule has 0 aromatic carbocycles. The molecule has 2 heterocycles. The normalized spacial score (nSPS) is 12.4. The summed E-state index contributed by atoms with van der Waals surface area (Å²) in [7, 11) is 0. The van der Waals surface area contributed by atoms with Gasteiger partial charge in [-0.05, 0) is 53.5 Å². The van der Waals surface area contributed by atoms with E-state index in [1.165, 1.54) is 0 Å². The van der Waals surface area contributed by atoms with Crippen LogP contribution in [0.4, 0.5) is 0 Å². The summed E-state index contributed by atoms with van der Waals surface area (Å²) in [5.41, 5.74) is 6.96. The van der Waals surface area contributed by atoms with Crippen molar-refractivity contribution < 1.29 is 0 Å². The molecule has 0 fully saturated rings. The Morgan fingerprint density at radius 3 is 2.63 bits per heavy atom. The van der Waals surface area contributed by atoms with E-state index in [0.717, 1.165) is 33.5 Å². The molecule has 2 aromatic heterocycles. The first-order valence-corrected chi connectivity index (χ1v) is 6.90. The van der Waals surface area contributed by atoms with Gasteiger partial charge in [-0.3, -0.25) is 21.2 Å². The Morgan fingerprint density at radius 2 is 2.05 bits per heavy atom. The molecule has 0 saturated carbocycles. The number of aromatic nitrogens is 2. The van der Waals surface area contributed by atoms with Gasteiger partial charge in [0.25, 0.3) is 0 Å². The second-order valence-electron chi connectivity index (χ2n) is 4.52. The first-order chi connectivity index (χ1) is 9.10. The van der Waals surface area contributed by atoms with E-state index in [4.69, 9.17) is 5.84 Å². The van der Waals surface area contributed by atoms with Crippen molar-refractivity contribution in [2.45, 2.75) is 26.3 Å². The maximum atomic E-state index is 5.67. The molecule has 1 atom stereocenters. The topological polar surface area (TPSA) is 63.8 Å². The highest BCUT2D eigenvalue weighted by atomic mass is 79.9. The van der Waals surface area contributed by atoms with Crippen molar-refractivity contribution in [1.82, 2.24) is 15.4 Å². The van der Waals surface area contributed by atoms with Gasteiger partial charge in [0.05, 0.1) is 6.04 Å². The van der Waals surface area contributed by atoms with Crippen molar-refractivity contribution in [3.05, 3.63) is 57.6 Å². The summed E-state index contributed by atoms with van der Waals surface area (Å²) < 4.78 is 0.974. The van der Waals surface area contributed by atoms with Gasteiger partial charge in [-0.25, -0.2) is 0 Å². The predicted octanol–water partition coefficient (Wildman–Crippen LogP) is 2.60. The van der Waals surface area contributed by atoms with E-state index in [-0.39, 0.29) is 6.04 Å². The lowest BCUT2D eigenvalue weighted by molar-refractivity contribution is 0.541. The van der Waals surface area contributed by atoms with Crippen LogP contribution in [-0.2, 0) is 6.42 Å². The van der Waals surface area contributed by atoms with E-state index >= 15 is 0 Å². The van der Waals surface area contributed by atoms with Crippen LogP contribution in [0.5, 0.6) is 0 Å². The second kappa shape index (κ2) is 6.23. The molecule has 3 N–H and O–H groups in total. The van der Waals surface area contributed by atoms with Crippen LogP contribution in [0.2, 0.25) is 0 Å². The monoisotopic (exact) mass is 320 g/mol. The Bertz CT molecular complexity index is 554. The largest absolute Gasteiger partial charge is 0.271 e. The van der Waals surface area contributed by atoms with Crippen molar-refractivity contribution in [3.8, 4) is 0 Å². The maximum Gasteiger partial charge on any atom is 0.0533 e. The van der Waals surface area contributed by atoms with Gasteiger partial charge in [-0.15, -0.1) is 0 Å². The van der Waals surface area contributed by atoms with Gasteiger partial charge in [-0.2, -0.15) is 0 Å². The molecule has 19 heavy (non-hydrogen) atoms. The van der Waals surface area contributed by atoms with E-state index < -0.39 is 0 Å². The summed E-state index contributed by atoms with van der Waals surface area (Å²) in [5.74, 6) is 5.67. The van der Waals surface area contributed by atoms with E-state index in [9.17, 15) is 0 Å². The molecule has 0 radical (unpaired) electrons. The molecule has 2 rings (SSSR count). The molecule has 5 heteroatoms. The van der Waals surface area contributed by atoms with Crippen LogP contribution in [0.15, 0.2) is 34.9 Å². The smallest absolute Gasteiger partial charge is 0.0533 e. The van der Waals surface area contributed by atoms with E-state index in [2.05, 4.69) is 37.4 Å². The first-order valence-electron chi connectivity index (χ1n) is 6.11. The lowest BCUT2D eigenvalue weighted by Gasteiger charge is -2.18. The molecule has 0 spiro atoms. The molecule has 0 amide bonds. The van der Waals surface area contributed by atoms with Gasteiger partial charge in [0.2, 0.25) is 0 Å². The zero-order valence-electron chi connectivity index (χ0n) is 11.0. The molecule has 0 aliphatic rings. The quantitative estimate of drug-likeness (QED) is 0.671. The van der Waals surface area contributed by atoms with Gasteiger partial charge in [-0.1, -0.05) is 6.07 Å². The van der Waals surface area contributed by atoms with Crippen molar-refractivity contribution in [2.75, 3.05) is 0 Å². The van der Waals surface area contributed by atoms with Crippen molar-refractivity contribution in [3.63, 3.8) is 0 Å². The van der Waals surface area contributed by atoms with E-state index in [0.29, 0.717) is 0 Å². The van der Waals surface area contributed by atoms with Crippen molar-refractivity contribution in [2.24, 2.45) is 5.84 Å². The number of rotatable bonds is 4. The zero-order valence-corrected chi connectivity index (χ0v) is 12.6. The van der Waals surface area contributed by atoms with Gasteiger partial charge in [0.1, 0.15) is 0 Å². The molecule has 100 valence electrons. The number of halogens is 1. The third kappa shape index (κ3) is 3.59. The highest BCUT2D eigenvalue weighted by Gasteiger charge is 2.14. The van der Waals surface area contributed by atoms with E-state index in [1.54, 1.807) is 6.20 Å². The summed E-state index contributed by atoms with van der Waals surface area (Å²) in [6.45, 7) is 3.99. The fourth-order valence-electron chi connectivity index (χ4n) is 2.06. The lowest BCUT2D eigenvalue weighted by atomic mass is 10.0. The summed E-state index contributed by atoms with van der Waals surface area (Å²) >= 11 is 3.38. The molecule has 0 aliphatic carbocycles. The number of aryl methyl sites for hydroxylation is 2. The summed E-state index contributed by atoms with van der Waals surface area (Å²) in [4.78, 5) is 8.85. The third-order valence-electron chi connectivity index (χ3n) is 3.04. The zero-order chi connectivity index (χ0) is 13.8. The van der Waals surface area contributed by atoms with Crippen LogP contribution in [0.25, 0.3) is 0 Å². The fourth-order valence-corrected chi connectivity index (χ4v) is 2.30. The Balaban J connectivity index is 2.22. The standard InChI is InChI=1S/C14H17BrN4/c1-9-3-6-13(10(2)18-9)14(19-16)7-12-5-4-11(15)8-17-12/h3-6,8,14,19H,7,16H2,1-2H3. The molecular formula is C14H17BrN4. The minimum atomic E-state index is 0.0155. The maximum absolute atomic E-state index is 5.67. The van der Waals surface area contributed by atoms with Crippen LogP contribution in [0.3, 0.4) is 0 Å². The van der Waals surface area contributed by atoms with Crippen LogP contribution >= 0.6 is 15.9 Å². The number of nitrogens with zero attached hydrogens (tertiary/aromatic N) is 2. The van der Waals surface area contributed by atoms with Gasteiger partial charge in [0, 0.05) is 34.2 Å². The molecule has 2 aromatic rings. The van der Waals surface area contributed by atoms with Gasteiger partial charge >= 0.3 is 0 Å². The average Bonchev–Trinajstić information content (AvgIpc) is 2.39. The Labute approximate surface area is 121 Å². The summed E-state index contributed by atoms with van der Waals surface area (Å²) in [5, 5.41) is 0. The van der Waals surface area contributed by atoms with Crippen molar-refractivity contribution >= 4 is 15.9 Å². The fraction of sp³-hybridized carbons (Fsp3) is 0.286. The number of hydrazine groups is 1. The van der Waals surface area contributed by atoms with Crippen LogP contribution < -0.4 is 11.3 Å². The Hall–Kier alpha value is -1.30. The summed E-state index contributed by atoms with van der Waals surface area (Å²) in [6, 6.07) is 8.06. The molecular weight excluding hydrogens is 304 g/mol. The molecule has 0 bridgehead atoms. The lowest BCUT2D eigenvalue weighted by Crippen LogP contribution is -2.30. The number of nitrogens with two attached hydrogens (primary N) is 1.